The number of nitrogens with zero attached hydrogens (tertiary/aromatic N) is 1. The summed E-state index contributed by atoms with van der Waals surface area (Å²) in [5.41, 5.74) is 1.32. The number of methoxy groups -OCH3 is 2. The van der Waals surface area contributed by atoms with Gasteiger partial charge in [-0.05, 0) is 29.0 Å². The SMILES string of the molecule is COc1ccc([C@@H]2Oc3ccc4ccccc4c3C=C2[N+](=O)[O-])cc1OC. The van der Waals surface area contributed by atoms with Crippen LogP contribution in [0.15, 0.2) is 60.3 Å². The topological polar surface area (TPSA) is 70.8 Å². The quantitative estimate of drug-likeness (QED) is 0.500. The lowest BCUT2D eigenvalue weighted by Gasteiger charge is -2.24. The third-order valence-corrected chi connectivity index (χ3v) is 4.66. The highest BCUT2D eigenvalue weighted by Crippen LogP contribution is 2.42. The Bertz CT molecular complexity index is 1070. The van der Waals surface area contributed by atoms with E-state index in [0.29, 0.717) is 22.8 Å². The van der Waals surface area contributed by atoms with Crippen molar-refractivity contribution in [3.05, 3.63) is 81.5 Å². The van der Waals surface area contributed by atoms with Crippen molar-refractivity contribution in [1.82, 2.24) is 0 Å². The molecule has 0 spiro atoms. The third-order valence-electron chi connectivity index (χ3n) is 4.66. The highest BCUT2D eigenvalue weighted by molar-refractivity contribution is 5.93. The number of ether oxygens (including phenoxy) is 3. The molecule has 0 fully saturated rings. The van der Waals surface area contributed by atoms with Gasteiger partial charge in [-0.1, -0.05) is 36.4 Å². The second-order valence-corrected chi connectivity index (χ2v) is 6.14. The molecule has 0 amide bonds. The normalized spacial score (nSPS) is 15.5. The molecule has 0 N–H and O–H groups in total. The second kappa shape index (κ2) is 6.64. The number of rotatable bonds is 4. The van der Waals surface area contributed by atoms with Gasteiger partial charge in [0.1, 0.15) is 5.75 Å². The van der Waals surface area contributed by atoms with Gasteiger partial charge in [0.2, 0.25) is 6.10 Å². The van der Waals surface area contributed by atoms with Crippen LogP contribution < -0.4 is 14.2 Å². The lowest BCUT2D eigenvalue weighted by molar-refractivity contribution is -0.434. The largest absolute Gasteiger partial charge is 0.493 e. The van der Waals surface area contributed by atoms with E-state index in [0.717, 1.165) is 16.3 Å². The third kappa shape index (κ3) is 2.85. The summed E-state index contributed by atoms with van der Waals surface area (Å²) in [6.07, 6.45) is 0.760. The standard InChI is InChI=1S/C21H17NO5/c1-25-19-10-8-14(11-20(19)26-2)21-17(22(23)24)12-16-15-6-4-3-5-13(15)7-9-18(16)27-21/h3-12,21H,1-2H3/t21-/m0/s1. The van der Waals surface area contributed by atoms with Gasteiger partial charge < -0.3 is 14.2 Å². The van der Waals surface area contributed by atoms with Crippen LogP contribution in [0, 0.1) is 10.1 Å². The summed E-state index contributed by atoms with van der Waals surface area (Å²) in [5.74, 6) is 1.65. The molecule has 6 nitrogen and oxygen atoms in total. The maximum Gasteiger partial charge on any atom is 0.291 e. The molecular formula is C21H17NO5. The average Bonchev–Trinajstić information content (AvgIpc) is 2.72. The summed E-state index contributed by atoms with van der Waals surface area (Å²) in [7, 11) is 3.06. The van der Waals surface area contributed by atoms with Gasteiger partial charge in [0.25, 0.3) is 5.70 Å². The Morgan fingerprint density at radius 1 is 1.00 bits per heavy atom. The summed E-state index contributed by atoms with van der Waals surface area (Å²) in [4.78, 5) is 11.4. The van der Waals surface area contributed by atoms with Gasteiger partial charge in [-0.15, -0.1) is 0 Å². The second-order valence-electron chi connectivity index (χ2n) is 6.14. The number of hydrogen-bond acceptors (Lipinski definition) is 5. The Morgan fingerprint density at radius 2 is 1.78 bits per heavy atom. The summed E-state index contributed by atoms with van der Waals surface area (Å²) in [6, 6.07) is 16.7. The first-order chi connectivity index (χ1) is 13.1. The zero-order valence-corrected chi connectivity index (χ0v) is 14.8. The highest BCUT2D eigenvalue weighted by atomic mass is 16.6. The van der Waals surface area contributed by atoms with Crippen molar-refractivity contribution < 1.29 is 19.1 Å². The van der Waals surface area contributed by atoms with Crippen LogP contribution >= 0.6 is 0 Å². The monoisotopic (exact) mass is 363 g/mol. The summed E-state index contributed by atoms with van der Waals surface area (Å²) in [5, 5.41) is 13.7. The van der Waals surface area contributed by atoms with Gasteiger partial charge in [-0.2, -0.15) is 0 Å². The molecule has 1 aliphatic rings. The van der Waals surface area contributed by atoms with Gasteiger partial charge in [0.05, 0.1) is 19.1 Å². The summed E-state index contributed by atoms with van der Waals surface area (Å²) < 4.78 is 16.6. The van der Waals surface area contributed by atoms with E-state index in [1.54, 1.807) is 31.4 Å². The van der Waals surface area contributed by atoms with Gasteiger partial charge in [0, 0.05) is 17.2 Å². The fourth-order valence-electron chi connectivity index (χ4n) is 3.34. The van der Waals surface area contributed by atoms with Crippen LogP contribution in [0.5, 0.6) is 17.2 Å². The molecule has 136 valence electrons. The molecule has 0 unspecified atom stereocenters. The Morgan fingerprint density at radius 3 is 2.52 bits per heavy atom. The highest BCUT2D eigenvalue weighted by Gasteiger charge is 2.34. The molecule has 0 saturated carbocycles. The fraction of sp³-hybridized carbons (Fsp3) is 0.143. The summed E-state index contributed by atoms with van der Waals surface area (Å²) >= 11 is 0. The number of fused-ring (bicyclic) bond motifs is 3. The minimum absolute atomic E-state index is 0.0222. The van der Waals surface area contributed by atoms with Gasteiger partial charge in [0.15, 0.2) is 11.5 Å². The molecule has 0 aliphatic carbocycles. The van der Waals surface area contributed by atoms with Crippen LogP contribution in [-0.4, -0.2) is 19.1 Å². The van der Waals surface area contributed by atoms with Crippen molar-refractivity contribution >= 4 is 16.8 Å². The smallest absolute Gasteiger partial charge is 0.291 e. The van der Waals surface area contributed by atoms with Crippen LogP contribution in [-0.2, 0) is 0 Å². The average molecular weight is 363 g/mol. The Hall–Kier alpha value is -3.54. The van der Waals surface area contributed by atoms with Gasteiger partial charge >= 0.3 is 0 Å². The lowest BCUT2D eigenvalue weighted by atomic mass is 9.97. The van der Waals surface area contributed by atoms with Gasteiger partial charge in [-0.25, -0.2) is 0 Å². The predicted molar refractivity (Wildman–Crippen MR) is 102 cm³/mol. The molecule has 27 heavy (non-hydrogen) atoms. The van der Waals surface area contributed by atoms with E-state index in [9.17, 15) is 10.1 Å². The molecule has 3 aromatic carbocycles. The Balaban J connectivity index is 1.86. The van der Waals surface area contributed by atoms with E-state index < -0.39 is 11.0 Å². The molecule has 1 heterocycles. The Kier molecular flexibility index (Phi) is 4.16. The van der Waals surface area contributed by atoms with Crippen LogP contribution in [0.2, 0.25) is 0 Å². The maximum atomic E-state index is 11.8. The zero-order valence-electron chi connectivity index (χ0n) is 14.8. The van der Waals surface area contributed by atoms with Gasteiger partial charge in [-0.3, -0.25) is 10.1 Å². The van der Waals surface area contributed by atoms with Crippen LogP contribution in [0.4, 0.5) is 0 Å². The number of nitro groups is 1. The van der Waals surface area contributed by atoms with Crippen LogP contribution in [0.1, 0.15) is 17.2 Å². The number of benzene rings is 3. The minimum Gasteiger partial charge on any atom is -0.493 e. The van der Waals surface area contributed by atoms with E-state index >= 15 is 0 Å². The molecule has 4 rings (SSSR count). The maximum absolute atomic E-state index is 11.8. The van der Waals surface area contributed by atoms with E-state index in [2.05, 4.69) is 0 Å². The Labute approximate surface area is 155 Å². The molecule has 6 heteroatoms. The lowest BCUT2D eigenvalue weighted by Crippen LogP contribution is -2.20. The van der Waals surface area contributed by atoms with E-state index in [1.165, 1.54) is 7.11 Å². The molecule has 1 aliphatic heterocycles. The first-order valence-electron chi connectivity index (χ1n) is 8.38. The first kappa shape index (κ1) is 16.9. The van der Waals surface area contributed by atoms with E-state index in [-0.39, 0.29) is 5.70 Å². The van der Waals surface area contributed by atoms with E-state index in [4.69, 9.17) is 14.2 Å². The minimum atomic E-state index is -0.839. The molecular weight excluding hydrogens is 346 g/mol. The fourth-order valence-corrected chi connectivity index (χ4v) is 3.34. The molecule has 0 radical (unpaired) electrons. The molecule has 0 bridgehead atoms. The van der Waals surface area contributed by atoms with Crippen molar-refractivity contribution in [1.29, 1.82) is 0 Å². The zero-order chi connectivity index (χ0) is 19.0. The molecule has 3 aromatic rings. The molecule has 1 atom stereocenters. The van der Waals surface area contributed by atoms with E-state index in [1.807, 2.05) is 36.4 Å². The van der Waals surface area contributed by atoms with Crippen molar-refractivity contribution in [2.45, 2.75) is 6.10 Å². The van der Waals surface area contributed by atoms with Crippen molar-refractivity contribution in [3.8, 4) is 17.2 Å². The number of hydrogen-bond donors (Lipinski definition) is 0. The van der Waals surface area contributed by atoms with Crippen LogP contribution in [0.25, 0.3) is 16.8 Å². The van der Waals surface area contributed by atoms with Crippen molar-refractivity contribution in [2.75, 3.05) is 14.2 Å². The predicted octanol–water partition coefficient (Wildman–Crippen LogP) is 4.61. The molecule has 0 saturated heterocycles. The van der Waals surface area contributed by atoms with Crippen molar-refractivity contribution in [2.24, 2.45) is 0 Å². The summed E-state index contributed by atoms with van der Waals surface area (Å²) in [6.45, 7) is 0. The molecule has 0 aromatic heterocycles. The van der Waals surface area contributed by atoms with Crippen LogP contribution in [0.3, 0.4) is 0 Å². The van der Waals surface area contributed by atoms with Crippen molar-refractivity contribution in [3.63, 3.8) is 0 Å². The first-order valence-corrected chi connectivity index (χ1v) is 8.38.